The van der Waals surface area contributed by atoms with Crippen LogP contribution in [0.1, 0.15) is 5.69 Å². The number of nitrogens with zero attached hydrogens (tertiary/aromatic N) is 3. The first-order chi connectivity index (χ1) is 9.02. The monoisotopic (exact) mass is 260 g/mol. The van der Waals surface area contributed by atoms with Crippen LogP contribution in [0.3, 0.4) is 0 Å². The van der Waals surface area contributed by atoms with E-state index in [2.05, 4.69) is 10.1 Å². The van der Waals surface area contributed by atoms with E-state index in [1.165, 1.54) is 0 Å². The van der Waals surface area contributed by atoms with E-state index < -0.39 is 11.7 Å². The zero-order valence-corrected chi connectivity index (χ0v) is 10.5. The summed E-state index contributed by atoms with van der Waals surface area (Å²) in [4.78, 5) is 26.4. The lowest BCUT2D eigenvalue weighted by Crippen LogP contribution is -2.36. The van der Waals surface area contributed by atoms with E-state index in [0.29, 0.717) is 27.4 Å². The molecule has 1 amide bonds. The largest absolute Gasteiger partial charge is 0.497 e. The summed E-state index contributed by atoms with van der Waals surface area (Å²) in [5.74, 6) is 0.694. The number of primary amides is 1. The van der Waals surface area contributed by atoms with Gasteiger partial charge in [0.05, 0.1) is 18.5 Å². The van der Waals surface area contributed by atoms with Gasteiger partial charge in [-0.3, -0.25) is 0 Å². The van der Waals surface area contributed by atoms with Gasteiger partial charge in [0.15, 0.2) is 0 Å². The van der Waals surface area contributed by atoms with E-state index in [1.54, 1.807) is 38.3 Å². The van der Waals surface area contributed by atoms with Crippen molar-refractivity contribution in [3.05, 3.63) is 40.4 Å². The highest BCUT2D eigenvalue weighted by Crippen LogP contribution is 2.21. The van der Waals surface area contributed by atoms with Crippen LogP contribution < -0.4 is 16.2 Å². The van der Waals surface area contributed by atoms with E-state index >= 15 is 0 Å². The molecule has 0 atom stereocenters. The number of carbonyl (C=O) groups excluding carboxylic acids is 1. The fourth-order valence-corrected chi connectivity index (χ4v) is 1.63. The summed E-state index contributed by atoms with van der Waals surface area (Å²) in [6, 6.07) is 6.04. The van der Waals surface area contributed by atoms with Crippen LogP contribution in [0.4, 0.5) is 4.79 Å². The Morgan fingerprint density at radius 3 is 2.47 bits per heavy atom. The van der Waals surface area contributed by atoms with Crippen LogP contribution in [-0.4, -0.2) is 27.9 Å². The van der Waals surface area contributed by atoms with E-state index in [1.807, 2.05) is 0 Å². The summed E-state index contributed by atoms with van der Waals surface area (Å²) in [5.41, 5.74) is 5.76. The predicted octanol–water partition coefficient (Wildman–Crippen LogP) is 0.549. The molecule has 0 spiro atoms. The van der Waals surface area contributed by atoms with Crippen molar-refractivity contribution in [2.75, 3.05) is 7.11 Å². The average Bonchev–Trinajstić information content (AvgIpc) is 2.41. The standard InChI is InChI=1S/C12H12N4O3/c1-7-10(8-3-5-9(19-2)6-4-8)14-12(18)16(15-7)11(13)17/h3-6H,1-2H3,(H2,13,17). The number of rotatable bonds is 2. The highest BCUT2D eigenvalue weighted by Gasteiger charge is 2.12. The third kappa shape index (κ3) is 2.44. The third-order valence-electron chi connectivity index (χ3n) is 2.55. The Labute approximate surface area is 108 Å². The van der Waals surface area contributed by atoms with E-state index in [9.17, 15) is 9.59 Å². The van der Waals surface area contributed by atoms with Gasteiger partial charge in [-0.1, -0.05) is 0 Å². The van der Waals surface area contributed by atoms with Crippen molar-refractivity contribution in [2.24, 2.45) is 5.73 Å². The summed E-state index contributed by atoms with van der Waals surface area (Å²) in [6.07, 6.45) is 0. The van der Waals surface area contributed by atoms with E-state index in [0.717, 1.165) is 0 Å². The number of hydrogen-bond acceptors (Lipinski definition) is 5. The molecule has 0 aliphatic heterocycles. The van der Waals surface area contributed by atoms with Gasteiger partial charge in [0, 0.05) is 5.56 Å². The third-order valence-corrected chi connectivity index (χ3v) is 2.55. The van der Waals surface area contributed by atoms with Gasteiger partial charge in [0.25, 0.3) is 0 Å². The second kappa shape index (κ2) is 4.89. The van der Waals surface area contributed by atoms with Gasteiger partial charge in [-0.25, -0.2) is 9.59 Å². The van der Waals surface area contributed by atoms with Gasteiger partial charge in [0.1, 0.15) is 5.75 Å². The second-order valence-corrected chi connectivity index (χ2v) is 3.81. The maximum Gasteiger partial charge on any atom is 0.373 e. The minimum atomic E-state index is -0.957. The van der Waals surface area contributed by atoms with Crippen LogP contribution in [-0.2, 0) is 0 Å². The molecule has 98 valence electrons. The number of amides is 1. The lowest BCUT2D eigenvalue weighted by atomic mass is 10.1. The van der Waals surface area contributed by atoms with Crippen molar-refractivity contribution in [1.29, 1.82) is 0 Å². The highest BCUT2D eigenvalue weighted by molar-refractivity contribution is 5.73. The Kier molecular flexibility index (Phi) is 3.28. The zero-order chi connectivity index (χ0) is 14.0. The van der Waals surface area contributed by atoms with Crippen LogP contribution in [0.15, 0.2) is 29.1 Å². The molecule has 1 aromatic carbocycles. The van der Waals surface area contributed by atoms with E-state index in [-0.39, 0.29) is 0 Å². The fourth-order valence-electron chi connectivity index (χ4n) is 1.63. The van der Waals surface area contributed by atoms with Gasteiger partial charge in [-0.05, 0) is 31.2 Å². The molecule has 0 saturated heterocycles. The number of nitrogens with two attached hydrogens (primary N) is 1. The first kappa shape index (κ1) is 12.7. The number of aryl methyl sites for hydroxylation is 1. The lowest BCUT2D eigenvalue weighted by molar-refractivity contribution is 0.246. The molecule has 0 aliphatic carbocycles. The average molecular weight is 260 g/mol. The summed E-state index contributed by atoms with van der Waals surface area (Å²) < 4.78 is 5.58. The summed E-state index contributed by atoms with van der Waals surface area (Å²) >= 11 is 0. The van der Waals surface area contributed by atoms with Crippen molar-refractivity contribution < 1.29 is 9.53 Å². The Hall–Kier alpha value is -2.70. The topological polar surface area (TPSA) is 100 Å². The summed E-state index contributed by atoms with van der Waals surface area (Å²) in [5, 5.41) is 3.83. The summed E-state index contributed by atoms with van der Waals surface area (Å²) in [7, 11) is 1.56. The van der Waals surface area contributed by atoms with Gasteiger partial charge in [-0.2, -0.15) is 10.1 Å². The number of benzene rings is 1. The smallest absolute Gasteiger partial charge is 0.373 e. The SMILES string of the molecule is COc1ccc(-c2nc(=O)n(C(N)=O)nc2C)cc1. The molecule has 2 rings (SSSR count). The number of methoxy groups -OCH3 is 1. The molecular weight excluding hydrogens is 248 g/mol. The molecule has 0 unspecified atom stereocenters. The Morgan fingerprint density at radius 1 is 1.32 bits per heavy atom. The minimum absolute atomic E-state index is 0.408. The van der Waals surface area contributed by atoms with Crippen LogP contribution in [0.5, 0.6) is 5.75 Å². The molecule has 2 aromatic rings. The van der Waals surface area contributed by atoms with Crippen LogP contribution in [0.25, 0.3) is 11.3 Å². The molecule has 19 heavy (non-hydrogen) atoms. The number of aromatic nitrogens is 3. The summed E-state index contributed by atoms with van der Waals surface area (Å²) in [6.45, 7) is 1.64. The Balaban J connectivity index is 2.53. The maximum absolute atomic E-state index is 11.6. The first-order valence-electron chi connectivity index (χ1n) is 5.45. The maximum atomic E-state index is 11.6. The highest BCUT2D eigenvalue weighted by atomic mass is 16.5. The van der Waals surface area contributed by atoms with Gasteiger partial charge < -0.3 is 10.5 Å². The van der Waals surface area contributed by atoms with Crippen molar-refractivity contribution in [1.82, 2.24) is 14.8 Å². The molecule has 0 aliphatic rings. The van der Waals surface area contributed by atoms with E-state index in [4.69, 9.17) is 10.5 Å². The molecule has 0 saturated carbocycles. The molecule has 7 nitrogen and oxygen atoms in total. The van der Waals surface area contributed by atoms with Crippen molar-refractivity contribution in [3.8, 4) is 17.0 Å². The van der Waals surface area contributed by atoms with Crippen LogP contribution in [0.2, 0.25) is 0 Å². The predicted molar refractivity (Wildman–Crippen MR) is 68.0 cm³/mol. The molecule has 1 heterocycles. The zero-order valence-electron chi connectivity index (χ0n) is 10.5. The minimum Gasteiger partial charge on any atom is -0.497 e. The molecule has 0 fully saturated rings. The fraction of sp³-hybridized carbons (Fsp3) is 0.167. The van der Waals surface area contributed by atoms with Crippen LogP contribution >= 0.6 is 0 Å². The van der Waals surface area contributed by atoms with Crippen molar-refractivity contribution in [2.45, 2.75) is 6.92 Å². The van der Waals surface area contributed by atoms with Crippen molar-refractivity contribution >= 4 is 6.03 Å². The van der Waals surface area contributed by atoms with Crippen LogP contribution in [0, 0.1) is 6.92 Å². The first-order valence-corrected chi connectivity index (χ1v) is 5.45. The molecule has 0 radical (unpaired) electrons. The lowest BCUT2D eigenvalue weighted by Gasteiger charge is -2.06. The van der Waals surface area contributed by atoms with Gasteiger partial charge >= 0.3 is 11.7 Å². The Morgan fingerprint density at radius 2 is 1.95 bits per heavy atom. The van der Waals surface area contributed by atoms with Gasteiger partial charge in [-0.15, -0.1) is 4.68 Å². The number of carbonyl (C=O) groups is 1. The Bertz CT molecular complexity index is 676. The molecule has 7 heteroatoms. The number of hydrogen-bond donors (Lipinski definition) is 1. The van der Waals surface area contributed by atoms with Crippen molar-refractivity contribution in [3.63, 3.8) is 0 Å². The molecular formula is C12H12N4O3. The molecule has 0 bridgehead atoms. The van der Waals surface area contributed by atoms with Gasteiger partial charge in [0.2, 0.25) is 0 Å². The number of ether oxygens (including phenoxy) is 1. The molecule has 1 aromatic heterocycles. The second-order valence-electron chi connectivity index (χ2n) is 3.81. The quantitative estimate of drug-likeness (QED) is 0.849. The molecule has 2 N–H and O–H groups in total. The normalized spacial score (nSPS) is 10.2.